The monoisotopic (exact) mass is 392 g/mol. The zero-order valence-corrected chi connectivity index (χ0v) is 17.3. The third-order valence-corrected chi connectivity index (χ3v) is 4.90. The molecule has 152 valence electrons. The highest BCUT2D eigenvalue weighted by Gasteiger charge is 2.23. The minimum absolute atomic E-state index is 0.0604. The number of benzene rings is 2. The second-order valence-electron chi connectivity index (χ2n) is 7.63. The summed E-state index contributed by atoms with van der Waals surface area (Å²) in [5.74, 6) is -0.0744. The summed E-state index contributed by atoms with van der Waals surface area (Å²) in [7, 11) is 1.37. The van der Waals surface area contributed by atoms with E-state index in [-0.39, 0.29) is 18.3 Å². The van der Waals surface area contributed by atoms with E-state index in [9.17, 15) is 9.59 Å². The fourth-order valence-electron chi connectivity index (χ4n) is 3.53. The number of ether oxygens (including phenoxy) is 1. The van der Waals surface area contributed by atoms with Gasteiger partial charge in [-0.05, 0) is 23.6 Å². The molecule has 3 rings (SSSR count). The first-order chi connectivity index (χ1) is 14.0. The molecule has 0 radical (unpaired) electrons. The van der Waals surface area contributed by atoms with Crippen LogP contribution in [0.5, 0.6) is 0 Å². The van der Waals surface area contributed by atoms with E-state index in [2.05, 4.69) is 30.5 Å². The van der Waals surface area contributed by atoms with Gasteiger partial charge in [0.25, 0.3) is 5.91 Å². The van der Waals surface area contributed by atoms with Crippen LogP contribution in [0.25, 0.3) is 10.9 Å². The number of hydrogen-bond donors (Lipinski definition) is 0. The Morgan fingerprint density at radius 3 is 2.41 bits per heavy atom. The van der Waals surface area contributed by atoms with Gasteiger partial charge in [-0.25, -0.2) is 0 Å². The van der Waals surface area contributed by atoms with Crippen molar-refractivity contribution in [1.29, 1.82) is 0 Å². The van der Waals surface area contributed by atoms with Crippen molar-refractivity contribution in [2.45, 2.75) is 26.8 Å². The SMILES string of the molecule is COC(=O)CCN(CC(C)C)C(=O)c1cc2ccccc2n1Cc1ccccc1. The van der Waals surface area contributed by atoms with Crippen LogP contribution in [-0.4, -0.2) is 41.5 Å². The molecule has 0 aliphatic heterocycles. The van der Waals surface area contributed by atoms with E-state index in [1.807, 2.05) is 48.5 Å². The van der Waals surface area contributed by atoms with Gasteiger partial charge in [-0.1, -0.05) is 62.4 Å². The second kappa shape index (κ2) is 9.41. The Kier molecular flexibility index (Phi) is 6.70. The lowest BCUT2D eigenvalue weighted by molar-refractivity contribution is -0.140. The van der Waals surface area contributed by atoms with E-state index in [1.165, 1.54) is 7.11 Å². The van der Waals surface area contributed by atoms with Crippen molar-refractivity contribution in [3.05, 3.63) is 71.9 Å². The highest BCUT2D eigenvalue weighted by Crippen LogP contribution is 2.23. The van der Waals surface area contributed by atoms with Crippen LogP contribution in [0.1, 0.15) is 36.3 Å². The molecular weight excluding hydrogens is 364 g/mol. The fraction of sp³-hybridized carbons (Fsp3) is 0.333. The molecule has 0 saturated carbocycles. The van der Waals surface area contributed by atoms with Gasteiger partial charge in [0.05, 0.1) is 13.5 Å². The van der Waals surface area contributed by atoms with Gasteiger partial charge in [-0.3, -0.25) is 9.59 Å². The molecular formula is C24H28N2O3. The maximum Gasteiger partial charge on any atom is 0.307 e. The third-order valence-electron chi connectivity index (χ3n) is 4.90. The standard InChI is InChI=1S/C24H28N2O3/c1-18(2)16-25(14-13-23(27)29-3)24(28)22-15-20-11-7-8-12-21(20)26(22)17-19-9-5-4-6-10-19/h4-12,15,18H,13-14,16-17H2,1-3H3. The van der Waals surface area contributed by atoms with Gasteiger partial charge in [0.2, 0.25) is 0 Å². The zero-order valence-electron chi connectivity index (χ0n) is 17.3. The smallest absolute Gasteiger partial charge is 0.307 e. The van der Waals surface area contributed by atoms with Crippen LogP contribution in [0.4, 0.5) is 0 Å². The molecule has 29 heavy (non-hydrogen) atoms. The highest BCUT2D eigenvalue weighted by atomic mass is 16.5. The lowest BCUT2D eigenvalue weighted by Crippen LogP contribution is -2.37. The molecule has 3 aromatic rings. The molecule has 5 heteroatoms. The van der Waals surface area contributed by atoms with E-state index in [4.69, 9.17) is 4.74 Å². The highest BCUT2D eigenvalue weighted by molar-refractivity contribution is 5.99. The number of amides is 1. The van der Waals surface area contributed by atoms with Gasteiger partial charge in [0.1, 0.15) is 5.69 Å². The van der Waals surface area contributed by atoms with Crippen molar-refractivity contribution in [2.75, 3.05) is 20.2 Å². The molecule has 0 spiro atoms. The molecule has 0 aliphatic rings. The minimum atomic E-state index is -0.309. The summed E-state index contributed by atoms with van der Waals surface area (Å²) in [5, 5.41) is 1.03. The van der Waals surface area contributed by atoms with E-state index >= 15 is 0 Å². The molecule has 0 N–H and O–H groups in total. The predicted molar refractivity (Wildman–Crippen MR) is 115 cm³/mol. The number of carbonyl (C=O) groups excluding carboxylic acids is 2. The Morgan fingerprint density at radius 2 is 1.72 bits per heavy atom. The number of methoxy groups -OCH3 is 1. The number of hydrogen-bond acceptors (Lipinski definition) is 3. The third kappa shape index (κ3) is 5.05. The summed E-state index contributed by atoms with van der Waals surface area (Å²) in [5.41, 5.74) is 2.80. The molecule has 5 nitrogen and oxygen atoms in total. The van der Waals surface area contributed by atoms with Gasteiger partial charge in [-0.15, -0.1) is 0 Å². The van der Waals surface area contributed by atoms with Crippen molar-refractivity contribution in [2.24, 2.45) is 5.92 Å². The van der Waals surface area contributed by atoms with Crippen LogP contribution in [0.2, 0.25) is 0 Å². The molecule has 0 saturated heterocycles. The average Bonchev–Trinajstić information content (AvgIpc) is 3.09. The number of carbonyl (C=O) groups is 2. The first kappa shape index (κ1) is 20.6. The number of aromatic nitrogens is 1. The molecule has 0 atom stereocenters. The summed E-state index contributed by atoms with van der Waals surface area (Å²) in [6.45, 7) is 5.68. The van der Waals surface area contributed by atoms with Gasteiger partial charge in [-0.2, -0.15) is 0 Å². The maximum atomic E-state index is 13.5. The van der Waals surface area contributed by atoms with Gasteiger partial charge >= 0.3 is 5.97 Å². The van der Waals surface area contributed by atoms with Crippen LogP contribution in [0.15, 0.2) is 60.7 Å². The summed E-state index contributed by atoms with van der Waals surface area (Å²) in [4.78, 5) is 26.9. The number of rotatable bonds is 8. The molecule has 0 fully saturated rings. The Morgan fingerprint density at radius 1 is 1.03 bits per heavy atom. The Balaban J connectivity index is 1.98. The van der Waals surface area contributed by atoms with Crippen LogP contribution in [0.3, 0.4) is 0 Å². The largest absolute Gasteiger partial charge is 0.469 e. The molecule has 0 unspecified atom stereocenters. The molecule has 1 heterocycles. The molecule has 0 aliphatic carbocycles. The molecule has 1 aromatic heterocycles. The van der Waals surface area contributed by atoms with Gasteiger partial charge in [0.15, 0.2) is 0 Å². The van der Waals surface area contributed by atoms with Crippen molar-refractivity contribution in [3.63, 3.8) is 0 Å². The Hall–Kier alpha value is -3.08. The predicted octanol–water partition coefficient (Wildman–Crippen LogP) is 4.35. The quantitative estimate of drug-likeness (QED) is 0.536. The maximum absolute atomic E-state index is 13.5. The molecule has 1 amide bonds. The van der Waals surface area contributed by atoms with Crippen LogP contribution in [0, 0.1) is 5.92 Å². The van der Waals surface area contributed by atoms with Gasteiger partial charge in [0, 0.05) is 30.5 Å². The van der Waals surface area contributed by atoms with Crippen molar-refractivity contribution in [3.8, 4) is 0 Å². The van der Waals surface area contributed by atoms with Crippen molar-refractivity contribution >= 4 is 22.8 Å². The number of esters is 1. The molecule has 0 bridgehead atoms. The number of para-hydroxylation sites is 1. The topological polar surface area (TPSA) is 51.5 Å². The normalized spacial score (nSPS) is 11.0. The van der Waals surface area contributed by atoms with E-state index in [0.717, 1.165) is 16.5 Å². The minimum Gasteiger partial charge on any atom is -0.469 e. The Labute approximate surface area is 171 Å². The number of nitrogens with zero attached hydrogens (tertiary/aromatic N) is 2. The Bertz CT molecular complexity index is 976. The number of fused-ring (bicyclic) bond motifs is 1. The first-order valence-corrected chi connectivity index (χ1v) is 9.98. The fourth-order valence-corrected chi connectivity index (χ4v) is 3.53. The summed E-state index contributed by atoms with van der Waals surface area (Å²) in [6, 6.07) is 20.1. The first-order valence-electron chi connectivity index (χ1n) is 9.98. The van der Waals surface area contributed by atoms with E-state index in [0.29, 0.717) is 31.2 Å². The van der Waals surface area contributed by atoms with Crippen molar-refractivity contribution in [1.82, 2.24) is 9.47 Å². The van der Waals surface area contributed by atoms with Gasteiger partial charge < -0.3 is 14.2 Å². The van der Waals surface area contributed by atoms with Crippen LogP contribution in [-0.2, 0) is 16.1 Å². The zero-order chi connectivity index (χ0) is 20.8. The van der Waals surface area contributed by atoms with Crippen molar-refractivity contribution < 1.29 is 14.3 Å². The lowest BCUT2D eigenvalue weighted by atomic mass is 10.2. The average molecular weight is 392 g/mol. The lowest BCUT2D eigenvalue weighted by Gasteiger charge is -2.25. The van der Waals surface area contributed by atoms with Crippen LogP contribution >= 0.6 is 0 Å². The summed E-state index contributed by atoms with van der Waals surface area (Å²) >= 11 is 0. The van der Waals surface area contributed by atoms with E-state index in [1.54, 1.807) is 4.90 Å². The molecule has 2 aromatic carbocycles. The van der Waals surface area contributed by atoms with E-state index < -0.39 is 0 Å². The van der Waals surface area contributed by atoms with Crippen LogP contribution < -0.4 is 0 Å². The second-order valence-corrected chi connectivity index (χ2v) is 7.63. The summed E-state index contributed by atoms with van der Waals surface area (Å²) < 4.78 is 6.83. The summed E-state index contributed by atoms with van der Waals surface area (Å²) in [6.07, 6.45) is 0.188.